The highest BCUT2D eigenvalue weighted by Crippen LogP contribution is 2.26. The Morgan fingerprint density at radius 3 is 2.84 bits per heavy atom. The van der Waals surface area contributed by atoms with E-state index in [1.54, 1.807) is 11.8 Å². The van der Waals surface area contributed by atoms with Crippen molar-refractivity contribution in [2.45, 2.75) is 17.8 Å². The number of rotatable bonds is 4. The van der Waals surface area contributed by atoms with Gasteiger partial charge in [-0.25, -0.2) is 4.98 Å². The molecule has 0 N–H and O–H groups in total. The van der Waals surface area contributed by atoms with Gasteiger partial charge >= 0.3 is 0 Å². The van der Waals surface area contributed by atoms with E-state index in [0.29, 0.717) is 0 Å². The highest BCUT2D eigenvalue weighted by Gasteiger charge is 2.12. The second-order valence-electron chi connectivity index (χ2n) is 5.82. The molecule has 25 heavy (non-hydrogen) atoms. The van der Waals surface area contributed by atoms with Crippen LogP contribution in [-0.2, 0) is 12.8 Å². The molecule has 0 radical (unpaired) electrons. The van der Waals surface area contributed by atoms with Crippen LogP contribution in [-0.4, -0.2) is 24.1 Å². The Kier molecular flexibility index (Phi) is 4.35. The molecule has 0 atom stereocenters. The van der Waals surface area contributed by atoms with E-state index < -0.39 is 0 Å². The second kappa shape index (κ2) is 6.65. The third kappa shape index (κ3) is 3.21. The quantitative estimate of drug-likeness (QED) is 0.462. The number of thioether (sulfide) groups is 1. The van der Waals surface area contributed by atoms with E-state index in [-0.39, 0.29) is 0 Å². The van der Waals surface area contributed by atoms with Crippen molar-refractivity contribution in [1.29, 1.82) is 0 Å². The molecular formula is C18H16BrN5S. The van der Waals surface area contributed by atoms with Gasteiger partial charge in [0.1, 0.15) is 5.65 Å². The fraction of sp³-hybridized carbons (Fsp3) is 0.167. The number of hydrogen-bond acceptors (Lipinski definition) is 4. The molecule has 4 aromatic rings. The molecule has 0 saturated carbocycles. The van der Waals surface area contributed by atoms with Crippen molar-refractivity contribution in [2.24, 2.45) is 7.05 Å². The van der Waals surface area contributed by atoms with Crippen molar-refractivity contribution in [3.63, 3.8) is 0 Å². The minimum absolute atomic E-state index is 0.756. The Balaban J connectivity index is 1.56. The van der Waals surface area contributed by atoms with Crippen LogP contribution in [0.4, 0.5) is 0 Å². The summed E-state index contributed by atoms with van der Waals surface area (Å²) < 4.78 is 5.12. The van der Waals surface area contributed by atoms with Crippen LogP contribution in [0.15, 0.2) is 58.4 Å². The summed E-state index contributed by atoms with van der Waals surface area (Å²) in [7, 11) is 1.99. The summed E-state index contributed by atoms with van der Waals surface area (Å²) in [6.07, 6.45) is 4.10. The second-order valence-corrected chi connectivity index (χ2v) is 7.68. The van der Waals surface area contributed by atoms with Crippen LogP contribution < -0.4 is 0 Å². The molecule has 0 spiro atoms. The standard InChI is InChI=1S/C18H16BrN5S/c1-12-5-4-8-24-10-15(20-16(12)24)11-25-18-22-21-17(23(18)2)13-6-3-7-14(19)9-13/h3-10H,11H2,1-2H3. The molecule has 5 nitrogen and oxygen atoms in total. The highest BCUT2D eigenvalue weighted by atomic mass is 79.9. The van der Waals surface area contributed by atoms with Crippen LogP contribution >= 0.6 is 27.7 Å². The number of pyridine rings is 1. The van der Waals surface area contributed by atoms with Crippen molar-refractivity contribution in [1.82, 2.24) is 24.1 Å². The lowest BCUT2D eigenvalue weighted by Crippen LogP contribution is -1.95. The van der Waals surface area contributed by atoms with Gasteiger partial charge in [0, 0.05) is 35.2 Å². The topological polar surface area (TPSA) is 48.0 Å². The maximum atomic E-state index is 4.71. The summed E-state index contributed by atoms with van der Waals surface area (Å²) in [5, 5.41) is 9.55. The van der Waals surface area contributed by atoms with Crippen molar-refractivity contribution in [3.8, 4) is 11.4 Å². The Labute approximate surface area is 158 Å². The van der Waals surface area contributed by atoms with Gasteiger partial charge in [-0.15, -0.1) is 10.2 Å². The minimum Gasteiger partial charge on any atom is -0.307 e. The molecular weight excluding hydrogens is 398 g/mol. The normalized spacial score (nSPS) is 11.3. The smallest absolute Gasteiger partial charge is 0.191 e. The van der Waals surface area contributed by atoms with Crippen LogP contribution in [0, 0.1) is 6.92 Å². The van der Waals surface area contributed by atoms with Gasteiger partial charge in [-0.1, -0.05) is 45.9 Å². The Morgan fingerprint density at radius 1 is 1.16 bits per heavy atom. The molecule has 7 heteroatoms. The number of aromatic nitrogens is 5. The highest BCUT2D eigenvalue weighted by molar-refractivity contribution is 9.10. The average molecular weight is 414 g/mol. The molecule has 126 valence electrons. The molecule has 0 bridgehead atoms. The summed E-state index contributed by atoms with van der Waals surface area (Å²) in [6.45, 7) is 2.08. The number of aryl methyl sites for hydroxylation is 1. The van der Waals surface area contributed by atoms with E-state index in [4.69, 9.17) is 4.98 Å². The van der Waals surface area contributed by atoms with Crippen molar-refractivity contribution >= 4 is 33.3 Å². The van der Waals surface area contributed by atoms with Gasteiger partial charge in [0.2, 0.25) is 0 Å². The summed E-state index contributed by atoms with van der Waals surface area (Å²) in [5.74, 6) is 1.61. The van der Waals surface area contributed by atoms with Gasteiger partial charge in [0.15, 0.2) is 11.0 Å². The van der Waals surface area contributed by atoms with Crippen LogP contribution in [0.1, 0.15) is 11.3 Å². The summed E-state index contributed by atoms with van der Waals surface area (Å²) in [4.78, 5) is 4.71. The Bertz CT molecular complexity index is 1050. The third-order valence-electron chi connectivity index (χ3n) is 3.99. The Hall–Kier alpha value is -2.12. The van der Waals surface area contributed by atoms with Gasteiger partial charge in [0.05, 0.1) is 5.69 Å². The van der Waals surface area contributed by atoms with E-state index in [2.05, 4.69) is 49.7 Å². The van der Waals surface area contributed by atoms with Gasteiger partial charge < -0.3 is 8.97 Å². The van der Waals surface area contributed by atoms with Crippen LogP contribution in [0.5, 0.6) is 0 Å². The first-order valence-corrected chi connectivity index (χ1v) is 9.61. The first kappa shape index (κ1) is 16.4. The van der Waals surface area contributed by atoms with Gasteiger partial charge in [-0.05, 0) is 30.7 Å². The van der Waals surface area contributed by atoms with Crippen molar-refractivity contribution < 1.29 is 0 Å². The van der Waals surface area contributed by atoms with E-state index in [0.717, 1.165) is 38.1 Å². The van der Waals surface area contributed by atoms with E-state index in [1.807, 2.05) is 48.1 Å². The third-order valence-corrected chi connectivity index (χ3v) is 5.54. The molecule has 3 aromatic heterocycles. The lowest BCUT2D eigenvalue weighted by Gasteiger charge is -2.03. The molecule has 1 aromatic carbocycles. The van der Waals surface area contributed by atoms with E-state index in [1.165, 1.54) is 5.56 Å². The van der Waals surface area contributed by atoms with Gasteiger partial charge in [-0.3, -0.25) is 0 Å². The van der Waals surface area contributed by atoms with Crippen molar-refractivity contribution in [2.75, 3.05) is 0 Å². The zero-order valence-corrected chi connectivity index (χ0v) is 16.3. The molecule has 0 unspecified atom stereocenters. The van der Waals surface area contributed by atoms with Crippen molar-refractivity contribution in [3.05, 3.63) is 64.5 Å². The molecule has 3 heterocycles. The maximum absolute atomic E-state index is 4.71. The summed E-state index contributed by atoms with van der Waals surface area (Å²) in [5.41, 5.74) is 4.26. The number of fused-ring (bicyclic) bond motifs is 1. The average Bonchev–Trinajstić information content (AvgIpc) is 3.17. The van der Waals surface area contributed by atoms with E-state index in [9.17, 15) is 0 Å². The molecule has 0 aliphatic heterocycles. The zero-order chi connectivity index (χ0) is 17.4. The first-order chi connectivity index (χ1) is 12.1. The van der Waals surface area contributed by atoms with Gasteiger partial charge in [-0.2, -0.15) is 0 Å². The molecule has 0 amide bonds. The lowest BCUT2D eigenvalue weighted by molar-refractivity contribution is 0.793. The first-order valence-electron chi connectivity index (χ1n) is 7.83. The Morgan fingerprint density at radius 2 is 2.04 bits per heavy atom. The van der Waals surface area contributed by atoms with Crippen LogP contribution in [0.3, 0.4) is 0 Å². The summed E-state index contributed by atoms with van der Waals surface area (Å²) >= 11 is 5.14. The molecule has 4 rings (SSSR count). The molecule has 0 fully saturated rings. The number of imidazole rings is 1. The predicted molar refractivity (Wildman–Crippen MR) is 104 cm³/mol. The largest absolute Gasteiger partial charge is 0.307 e. The SMILES string of the molecule is Cc1cccn2cc(CSc3nnc(-c4cccc(Br)c4)n3C)nc12. The fourth-order valence-electron chi connectivity index (χ4n) is 2.73. The number of halogens is 1. The predicted octanol–water partition coefficient (Wildman–Crippen LogP) is 4.49. The van der Waals surface area contributed by atoms with Crippen LogP contribution in [0.25, 0.3) is 17.0 Å². The molecule has 0 saturated heterocycles. The maximum Gasteiger partial charge on any atom is 0.191 e. The number of nitrogens with zero attached hydrogens (tertiary/aromatic N) is 5. The lowest BCUT2D eigenvalue weighted by atomic mass is 10.2. The number of benzene rings is 1. The van der Waals surface area contributed by atoms with E-state index >= 15 is 0 Å². The fourth-order valence-corrected chi connectivity index (χ4v) is 3.93. The zero-order valence-electron chi connectivity index (χ0n) is 13.8. The summed E-state index contributed by atoms with van der Waals surface area (Å²) in [6, 6.07) is 12.2. The monoisotopic (exact) mass is 413 g/mol. The van der Waals surface area contributed by atoms with Crippen LogP contribution in [0.2, 0.25) is 0 Å². The molecule has 0 aliphatic carbocycles. The van der Waals surface area contributed by atoms with Gasteiger partial charge in [0.25, 0.3) is 0 Å². The molecule has 0 aliphatic rings. The minimum atomic E-state index is 0.756. The number of hydrogen-bond donors (Lipinski definition) is 0.